The van der Waals surface area contributed by atoms with E-state index >= 15 is 0 Å². The van der Waals surface area contributed by atoms with E-state index in [0.29, 0.717) is 6.54 Å². The van der Waals surface area contributed by atoms with Crippen molar-refractivity contribution in [2.75, 3.05) is 36.0 Å². The quantitative estimate of drug-likeness (QED) is 0.940. The van der Waals surface area contributed by atoms with Crippen LogP contribution in [0.1, 0.15) is 5.69 Å². The Morgan fingerprint density at radius 3 is 2.35 bits per heavy atom. The van der Waals surface area contributed by atoms with Gasteiger partial charge in [-0.05, 0) is 24.3 Å². The first-order valence-corrected chi connectivity index (χ1v) is 7.54. The number of piperazine rings is 1. The monoisotopic (exact) mass is 292 g/mol. The normalized spacial score (nSPS) is 15.7. The van der Waals surface area contributed by atoms with E-state index in [1.54, 1.807) is 11.3 Å². The first kappa shape index (κ1) is 13.3. The number of anilines is 2. The zero-order valence-corrected chi connectivity index (χ0v) is 11.9. The van der Waals surface area contributed by atoms with Gasteiger partial charge in [-0.15, -0.1) is 11.3 Å². The van der Waals surface area contributed by atoms with E-state index < -0.39 is 0 Å². The maximum Gasteiger partial charge on any atom is 0.185 e. The zero-order chi connectivity index (χ0) is 13.9. The van der Waals surface area contributed by atoms with Crippen molar-refractivity contribution >= 4 is 22.2 Å². The molecular weight excluding hydrogens is 275 g/mol. The highest BCUT2D eigenvalue weighted by Crippen LogP contribution is 2.23. The van der Waals surface area contributed by atoms with Gasteiger partial charge in [0, 0.05) is 43.8 Å². The fourth-order valence-electron chi connectivity index (χ4n) is 2.34. The third-order valence-corrected chi connectivity index (χ3v) is 4.44. The van der Waals surface area contributed by atoms with Crippen LogP contribution in [-0.4, -0.2) is 31.2 Å². The minimum atomic E-state index is -0.190. The lowest BCUT2D eigenvalue weighted by Crippen LogP contribution is -2.46. The maximum atomic E-state index is 12.9. The third-order valence-electron chi connectivity index (χ3n) is 3.49. The van der Waals surface area contributed by atoms with Gasteiger partial charge in [0.1, 0.15) is 5.82 Å². The van der Waals surface area contributed by atoms with Crippen molar-refractivity contribution in [1.82, 2.24) is 4.98 Å². The summed E-state index contributed by atoms with van der Waals surface area (Å²) in [5.74, 6) is -0.190. The van der Waals surface area contributed by atoms with Gasteiger partial charge in [0.05, 0.1) is 5.69 Å². The minimum Gasteiger partial charge on any atom is -0.368 e. The molecule has 1 aromatic carbocycles. The Morgan fingerprint density at radius 1 is 1.10 bits per heavy atom. The van der Waals surface area contributed by atoms with Gasteiger partial charge in [-0.3, -0.25) is 0 Å². The van der Waals surface area contributed by atoms with Crippen LogP contribution in [0.4, 0.5) is 15.2 Å². The Labute approximate surface area is 121 Å². The van der Waals surface area contributed by atoms with E-state index in [2.05, 4.69) is 14.8 Å². The molecule has 2 N–H and O–H groups in total. The number of hydrogen-bond donors (Lipinski definition) is 1. The van der Waals surface area contributed by atoms with Crippen LogP contribution in [0, 0.1) is 5.82 Å². The van der Waals surface area contributed by atoms with Crippen molar-refractivity contribution in [1.29, 1.82) is 0 Å². The van der Waals surface area contributed by atoms with E-state index in [4.69, 9.17) is 5.73 Å². The molecule has 0 saturated carbocycles. The molecule has 0 aliphatic carbocycles. The lowest BCUT2D eigenvalue weighted by molar-refractivity contribution is 0.624. The van der Waals surface area contributed by atoms with Crippen LogP contribution < -0.4 is 15.5 Å². The summed E-state index contributed by atoms with van der Waals surface area (Å²) in [5.41, 5.74) is 7.62. The van der Waals surface area contributed by atoms with Gasteiger partial charge >= 0.3 is 0 Å². The average molecular weight is 292 g/mol. The fourth-order valence-corrected chi connectivity index (χ4v) is 3.24. The number of halogens is 1. The largest absolute Gasteiger partial charge is 0.368 e. The van der Waals surface area contributed by atoms with Crippen LogP contribution in [0.3, 0.4) is 0 Å². The van der Waals surface area contributed by atoms with Crippen LogP contribution in [-0.2, 0) is 6.54 Å². The van der Waals surface area contributed by atoms with Gasteiger partial charge < -0.3 is 15.5 Å². The summed E-state index contributed by atoms with van der Waals surface area (Å²) in [7, 11) is 0. The Kier molecular flexibility index (Phi) is 3.84. The number of rotatable bonds is 3. The second-order valence-electron chi connectivity index (χ2n) is 4.78. The molecule has 0 radical (unpaired) electrons. The summed E-state index contributed by atoms with van der Waals surface area (Å²) in [6, 6.07) is 6.69. The molecule has 106 valence electrons. The van der Waals surface area contributed by atoms with Gasteiger partial charge in [-0.1, -0.05) is 0 Å². The van der Waals surface area contributed by atoms with E-state index in [0.717, 1.165) is 42.7 Å². The fraction of sp³-hybridized carbons (Fsp3) is 0.357. The minimum absolute atomic E-state index is 0.190. The second kappa shape index (κ2) is 5.76. The lowest BCUT2D eigenvalue weighted by Gasteiger charge is -2.36. The predicted molar refractivity (Wildman–Crippen MR) is 80.8 cm³/mol. The highest BCUT2D eigenvalue weighted by atomic mass is 32.1. The standard InChI is InChI=1S/C14H17FN4S/c15-11-1-3-13(4-2-11)18-5-7-19(8-6-18)14-17-12(9-16)10-20-14/h1-4,10H,5-9,16H2. The topological polar surface area (TPSA) is 45.4 Å². The number of aromatic nitrogens is 1. The van der Waals surface area contributed by atoms with Crippen LogP contribution in [0.15, 0.2) is 29.6 Å². The summed E-state index contributed by atoms with van der Waals surface area (Å²) in [6.07, 6.45) is 0. The molecule has 1 saturated heterocycles. The lowest BCUT2D eigenvalue weighted by atomic mass is 10.2. The van der Waals surface area contributed by atoms with Crippen molar-refractivity contribution < 1.29 is 4.39 Å². The van der Waals surface area contributed by atoms with Crippen LogP contribution in [0.2, 0.25) is 0 Å². The third kappa shape index (κ3) is 2.76. The molecule has 2 heterocycles. The van der Waals surface area contributed by atoms with Crippen molar-refractivity contribution in [2.45, 2.75) is 6.54 Å². The Bertz CT molecular complexity index is 561. The molecule has 1 aliphatic rings. The Morgan fingerprint density at radius 2 is 1.75 bits per heavy atom. The summed E-state index contributed by atoms with van der Waals surface area (Å²) < 4.78 is 12.9. The molecule has 2 aromatic rings. The number of thiazole rings is 1. The Hall–Kier alpha value is -1.66. The molecule has 1 aliphatic heterocycles. The van der Waals surface area contributed by atoms with Crippen molar-refractivity contribution in [3.05, 3.63) is 41.2 Å². The zero-order valence-electron chi connectivity index (χ0n) is 11.1. The van der Waals surface area contributed by atoms with Gasteiger partial charge in [-0.25, -0.2) is 9.37 Å². The number of benzene rings is 1. The van der Waals surface area contributed by atoms with Gasteiger partial charge in [0.15, 0.2) is 5.13 Å². The smallest absolute Gasteiger partial charge is 0.185 e. The molecule has 0 unspecified atom stereocenters. The van der Waals surface area contributed by atoms with Crippen molar-refractivity contribution in [3.8, 4) is 0 Å². The molecule has 0 spiro atoms. The van der Waals surface area contributed by atoms with E-state index in [1.165, 1.54) is 12.1 Å². The van der Waals surface area contributed by atoms with Gasteiger partial charge in [0.25, 0.3) is 0 Å². The molecular formula is C14H17FN4S. The average Bonchev–Trinajstić information content (AvgIpc) is 2.97. The molecule has 1 fully saturated rings. The van der Waals surface area contributed by atoms with Crippen LogP contribution >= 0.6 is 11.3 Å². The van der Waals surface area contributed by atoms with Gasteiger partial charge in [-0.2, -0.15) is 0 Å². The predicted octanol–water partition coefficient (Wildman–Crippen LogP) is 2.07. The molecule has 1 aromatic heterocycles. The summed E-state index contributed by atoms with van der Waals surface area (Å²) >= 11 is 1.65. The maximum absolute atomic E-state index is 12.9. The number of nitrogens with two attached hydrogens (primary N) is 1. The Balaban J connectivity index is 1.63. The van der Waals surface area contributed by atoms with Gasteiger partial charge in [0.2, 0.25) is 0 Å². The van der Waals surface area contributed by atoms with E-state index in [-0.39, 0.29) is 5.82 Å². The summed E-state index contributed by atoms with van der Waals surface area (Å²) in [4.78, 5) is 9.07. The first-order chi connectivity index (χ1) is 9.76. The van der Waals surface area contributed by atoms with E-state index in [9.17, 15) is 4.39 Å². The summed E-state index contributed by atoms with van der Waals surface area (Å²) in [6.45, 7) is 4.18. The van der Waals surface area contributed by atoms with Crippen molar-refractivity contribution in [2.24, 2.45) is 5.73 Å². The highest BCUT2D eigenvalue weighted by Gasteiger charge is 2.19. The van der Waals surface area contributed by atoms with Crippen LogP contribution in [0.5, 0.6) is 0 Å². The molecule has 6 heteroatoms. The highest BCUT2D eigenvalue weighted by molar-refractivity contribution is 7.13. The molecule has 4 nitrogen and oxygen atoms in total. The van der Waals surface area contributed by atoms with Crippen molar-refractivity contribution in [3.63, 3.8) is 0 Å². The van der Waals surface area contributed by atoms with Crippen LogP contribution in [0.25, 0.3) is 0 Å². The molecule has 0 amide bonds. The molecule has 0 atom stereocenters. The molecule has 20 heavy (non-hydrogen) atoms. The van der Waals surface area contributed by atoms with E-state index in [1.807, 2.05) is 17.5 Å². The summed E-state index contributed by atoms with van der Waals surface area (Å²) in [5, 5.41) is 3.06. The first-order valence-electron chi connectivity index (χ1n) is 6.66. The number of nitrogens with zero attached hydrogens (tertiary/aromatic N) is 3. The SMILES string of the molecule is NCc1csc(N2CCN(c3ccc(F)cc3)CC2)n1. The second-order valence-corrected chi connectivity index (χ2v) is 5.61. The molecule has 3 rings (SSSR count). The molecule has 0 bridgehead atoms. The number of hydrogen-bond acceptors (Lipinski definition) is 5.